The SMILES string of the molecule is CC(O)NCC1C(O)C(O)C(CO)N1Cc1ccccc1. The Morgan fingerprint density at radius 2 is 1.76 bits per heavy atom. The van der Waals surface area contributed by atoms with E-state index in [9.17, 15) is 20.4 Å². The molecule has 21 heavy (non-hydrogen) atoms. The summed E-state index contributed by atoms with van der Waals surface area (Å²) < 4.78 is 0. The van der Waals surface area contributed by atoms with Gasteiger partial charge in [0.25, 0.3) is 0 Å². The average molecular weight is 296 g/mol. The lowest BCUT2D eigenvalue weighted by Gasteiger charge is -2.30. The van der Waals surface area contributed by atoms with Gasteiger partial charge in [0.15, 0.2) is 0 Å². The number of aliphatic hydroxyl groups is 4. The fourth-order valence-electron chi connectivity index (χ4n) is 2.86. The van der Waals surface area contributed by atoms with Crippen LogP contribution in [0.3, 0.4) is 0 Å². The minimum Gasteiger partial charge on any atom is -0.395 e. The molecule has 1 heterocycles. The summed E-state index contributed by atoms with van der Waals surface area (Å²) in [7, 11) is 0. The Kier molecular flexibility index (Phi) is 5.69. The van der Waals surface area contributed by atoms with Crippen LogP contribution in [0.5, 0.6) is 0 Å². The molecule has 118 valence electrons. The van der Waals surface area contributed by atoms with Gasteiger partial charge in [-0.2, -0.15) is 0 Å². The van der Waals surface area contributed by atoms with Crippen molar-refractivity contribution in [3.05, 3.63) is 35.9 Å². The second kappa shape index (κ2) is 7.31. The minimum atomic E-state index is -1.00. The molecule has 0 aromatic heterocycles. The maximum absolute atomic E-state index is 10.2. The highest BCUT2D eigenvalue weighted by molar-refractivity contribution is 5.16. The number of nitrogens with zero attached hydrogens (tertiary/aromatic N) is 1. The molecule has 0 radical (unpaired) electrons. The van der Waals surface area contributed by atoms with Crippen LogP contribution in [0.2, 0.25) is 0 Å². The van der Waals surface area contributed by atoms with E-state index < -0.39 is 24.5 Å². The standard InChI is InChI=1S/C15H24N2O4/c1-10(19)16-7-12-14(20)15(21)13(9-18)17(12)8-11-5-3-2-4-6-11/h2-6,10,12-16,18-21H,7-9H2,1H3. The lowest BCUT2D eigenvalue weighted by Crippen LogP contribution is -2.47. The molecule has 0 aliphatic carbocycles. The van der Waals surface area contributed by atoms with E-state index in [1.54, 1.807) is 6.92 Å². The van der Waals surface area contributed by atoms with Crippen molar-refractivity contribution in [3.63, 3.8) is 0 Å². The highest BCUT2D eigenvalue weighted by Crippen LogP contribution is 2.27. The number of aliphatic hydroxyl groups excluding tert-OH is 4. The molecule has 0 bridgehead atoms. The van der Waals surface area contributed by atoms with Gasteiger partial charge in [0, 0.05) is 13.1 Å². The van der Waals surface area contributed by atoms with Crippen LogP contribution in [0.25, 0.3) is 0 Å². The van der Waals surface area contributed by atoms with Crippen LogP contribution in [0.4, 0.5) is 0 Å². The van der Waals surface area contributed by atoms with Crippen LogP contribution in [0.1, 0.15) is 12.5 Å². The first-order valence-electron chi connectivity index (χ1n) is 7.22. The molecule has 1 saturated heterocycles. The van der Waals surface area contributed by atoms with Crippen molar-refractivity contribution in [1.82, 2.24) is 10.2 Å². The van der Waals surface area contributed by atoms with E-state index >= 15 is 0 Å². The lowest BCUT2D eigenvalue weighted by atomic mass is 10.1. The van der Waals surface area contributed by atoms with Crippen molar-refractivity contribution in [3.8, 4) is 0 Å². The molecule has 6 nitrogen and oxygen atoms in total. The summed E-state index contributed by atoms with van der Waals surface area (Å²) in [5.41, 5.74) is 1.04. The number of rotatable bonds is 6. The molecule has 1 aromatic rings. The Bertz CT molecular complexity index is 429. The molecule has 1 aromatic carbocycles. The van der Waals surface area contributed by atoms with Crippen molar-refractivity contribution in [2.24, 2.45) is 0 Å². The average Bonchev–Trinajstić information content (AvgIpc) is 2.69. The third-order valence-electron chi connectivity index (χ3n) is 4.01. The van der Waals surface area contributed by atoms with Gasteiger partial charge in [0.2, 0.25) is 0 Å². The Labute approximate surface area is 124 Å². The van der Waals surface area contributed by atoms with Gasteiger partial charge < -0.3 is 20.4 Å². The van der Waals surface area contributed by atoms with Gasteiger partial charge in [-0.15, -0.1) is 0 Å². The van der Waals surface area contributed by atoms with Gasteiger partial charge in [-0.3, -0.25) is 10.2 Å². The number of nitrogens with one attached hydrogen (secondary N) is 1. The van der Waals surface area contributed by atoms with Gasteiger partial charge in [0.05, 0.1) is 30.9 Å². The summed E-state index contributed by atoms with van der Waals surface area (Å²) in [5.74, 6) is 0. The lowest BCUT2D eigenvalue weighted by molar-refractivity contribution is 0.0169. The Hall–Kier alpha value is -1.02. The van der Waals surface area contributed by atoms with Gasteiger partial charge in [-0.1, -0.05) is 30.3 Å². The van der Waals surface area contributed by atoms with E-state index in [0.717, 1.165) is 5.56 Å². The maximum atomic E-state index is 10.2. The second-order valence-corrected chi connectivity index (χ2v) is 5.54. The highest BCUT2D eigenvalue weighted by Gasteiger charge is 2.46. The van der Waals surface area contributed by atoms with Crippen LogP contribution in [-0.4, -0.2) is 69.0 Å². The summed E-state index contributed by atoms with van der Waals surface area (Å²) in [6.07, 6.45) is -2.65. The van der Waals surface area contributed by atoms with Gasteiger partial charge in [0.1, 0.15) is 6.23 Å². The number of benzene rings is 1. The van der Waals surface area contributed by atoms with Crippen molar-refractivity contribution in [1.29, 1.82) is 0 Å². The molecule has 5 unspecified atom stereocenters. The third kappa shape index (κ3) is 3.79. The molecular formula is C15H24N2O4. The first-order valence-corrected chi connectivity index (χ1v) is 7.22. The van der Waals surface area contributed by atoms with Crippen molar-refractivity contribution < 1.29 is 20.4 Å². The van der Waals surface area contributed by atoms with E-state index in [-0.39, 0.29) is 12.6 Å². The predicted octanol–water partition coefficient (Wildman–Crippen LogP) is -1.12. The second-order valence-electron chi connectivity index (χ2n) is 5.54. The molecule has 1 aliphatic heterocycles. The fraction of sp³-hybridized carbons (Fsp3) is 0.600. The molecule has 1 aliphatic rings. The van der Waals surface area contributed by atoms with E-state index in [2.05, 4.69) is 5.32 Å². The summed E-state index contributed by atoms with van der Waals surface area (Å²) in [6.45, 7) is 2.23. The molecule has 2 rings (SSSR count). The maximum Gasteiger partial charge on any atom is 0.102 e. The zero-order valence-electron chi connectivity index (χ0n) is 12.1. The summed E-state index contributed by atoms with van der Waals surface area (Å²) in [4.78, 5) is 1.89. The van der Waals surface area contributed by atoms with Gasteiger partial charge in [-0.25, -0.2) is 0 Å². The number of hydrogen-bond donors (Lipinski definition) is 5. The topological polar surface area (TPSA) is 96.2 Å². The van der Waals surface area contributed by atoms with Crippen LogP contribution >= 0.6 is 0 Å². The molecule has 0 spiro atoms. The summed E-state index contributed by atoms with van der Waals surface area (Å²) in [6, 6.07) is 8.82. The van der Waals surface area contributed by atoms with Crippen LogP contribution < -0.4 is 5.32 Å². The molecule has 6 heteroatoms. The highest BCUT2D eigenvalue weighted by atomic mass is 16.3. The normalized spacial score (nSPS) is 31.5. The predicted molar refractivity (Wildman–Crippen MR) is 78.3 cm³/mol. The Morgan fingerprint density at radius 1 is 1.14 bits per heavy atom. The minimum absolute atomic E-state index is 0.226. The van der Waals surface area contributed by atoms with Crippen LogP contribution in [0.15, 0.2) is 30.3 Å². The Balaban J connectivity index is 2.14. The smallest absolute Gasteiger partial charge is 0.102 e. The molecule has 0 amide bonds. The van der Waals surface area contributed by atoms with Gasteiger partial charge >= 0.3 is 0 Å². The zero-order chi connectivity index (χ0) is 15.4. The van der Waals surface area contributed by atoms with Crippen LogP contribution in [-0.2, 0) is 6.54 Å². The van der Waals surface area contributed by atoms with E-state index in [1.807, 2.05) is 35.2 Å². The third-order valence-corrected chi connectivity index (χ3v) is 4.01. The Morgan fingerprint density at radius 3 is 2.33 bits per heavy atom. The van der Waals surface area contributed by atoms with E-state index in [4.69, 9.17) is 0 Å². The fourth-order valence-corrected chi connectivity index (χ4v) is 2.86. The van der Waals surface area contributed by atoms with Gasteiger partial charge in [-0.05, 0) is 12.5 Å². The number of hydrogen-bond acceptors (Lipinski definition) is 6. The molecule has 1 fully saturated rings. The van der Waals surface area contributed by atoms with E-state index in [1.165, 1.54) is 0 Å². The van der Waals surface area contributed by atoms with Crippen molar-refractivity contribution in [2.75, 3.05) is 13.2 Å². The monoisotopic (exact) mass is 296 g/mol. The molecule has 0 saturated carbocycles. The first-order chi connectivity index (χ1) is 10.0. The van der Waals surface area contributed by atoms with E-state index in [0.29, 0.717) is 13.1 Å². The molecule has 5 N–H and O–H groups in total. The largest absolute Gasteiger partial charge is 0.395 e. The van der Waals surface area contributed by atoms with Crippen molar-refractivity contribution in [2.45, 2.75) is 44.0 Å². The summed E-state index contributed by atoms with van der Waals surface area (Å²) >= 11 is 0. The summed E-state index contributed by atoms with van der Waals surface area (Å²) in [5, 5.41) is 42.0. The molecular weight excluding hydrogens is 272 g/mol. The van der Waals surface area contributed by atoms with Crippen molar-refractivity contribution >= 4 is 0 Å². The molecule has 5 atom stereocenters. The first kappa shape index (κ1) is 16.4. The quantitative estimate of drug-likeness (QED) is 0.427. The number of likely N-dealkylation sites (tertiary alicyclic amines) is 1. The van der Waals surface area contributed by atoms with Crippen LogP contribution in [0, 0.1) is 0 Å². The zero-order valence-corrected chi connectivity index (χ0v) is 12.1.